The van der Waals surface area contributed by atoms with E-state index in [1.807, 2.05) is 6.92 Å². The van der Waals surface area contributed by atoms with Crippen molar-refractivity contribution >= 4 is 8.97 Å². The normalized spacial score (nSPS) is 12.0. The molecule has 1 N–H and O–H groups in total. The van der Waals surface area contributed by atoms with Gasteiger partial charge in [-0.25, -0.2) is 0 Å². The maximum atomic E-state index is 5.81. The fourth-order valence-corrected chi connectivity index (χ4v) is 3.61. The molecule has 0 heterocycles. The van der Waals surface area contributed by atoms with Gasteiger partial charge in [-0.2, -0.15) is 0 Å². The fourth-order valence-electron chi connectivity index (χ4n) is 1.20. The molecular formula is C11H27NO3Si. The minimum Gasteiger partial charge on any atom is -0.361 e. The zero-order chi connectivity index (χ0) is 12.3. The summed E-state index contributed by atoms with van der Waals surface area (Å²) in [5.74, 6) is 0. The summed E-state index contributed by atoms with van der Waals surface area (Å²) in [6, 6.07) is 0. The maximum Gasteiger partial charge on any atom is 0.596 e. The van der Waals surface area contributed by atoms with E-state index in [0.717, 1.165) is 25.8 Å². The quantitative estimate of drug-likeness (QED) is 0.570. The zero-order valence-electron chi connectivity index (χ0n) is 11.2. The predicted molar refractivity (Wildman–Crippen MR) is 68.2 cm³/mol. The lowest BCUT2D eigenvalue weighted by molar-refractivity contribution is 0.0489. The Morgan fingerprint density at radius 3 is 1.38 bits per heavy atom. The summed E-state index contributed by atoms with van der Waals surface area (Å²) in [5.41, 5.74) is 0. The molecule has 0 saturated carbocycles. The lowest BCUT2D eigenvalue weighted by atomic mass is 10.5. The van der Waals surface area contributed by atoms with Crippen molar-refractivity contribution in [2.45, 2.75) is 47.0 Å². The first-order valence-electron chi connectivity index (χ1n) is 6.41. The van der Waals surface area contributed by atoms with Crippen LogP contribution >= 0.6 is 0 Å². The van der Waals surface area contributed by atoms with Gasteiger partial charge in [-0.05, 0) is 25.8 Å². The molecule has 0 aromatic carbocycles. The van der Waals surface area contributed by atoms with Gasteiger partial charge >= 0.3 is 8.97 Å². The largest absolute Gasteiger partial charge is 0.596 e. The Bertz CT molecular complexity index is 136. The van der Waals surface area contributed by atoms with Crippen LogP contribution in [0.25, 0.3) is 0 Å². The van der Waals surface area contributed by atoms with Crippen molar-refractivity contribution in [3.05, 3.63) is 0 Å². The van der Waals surface area contributed by atoms with Crippen LogP contribution in [0.5, 0.6) is 0 Å². The molecule has 0 fully saturated rings. The molecule has 4 nitrogen and oxygen atoms in total. The molecule has 0 bridgehead atoms. The van der Waals surface area contributed by atoms with Gasteiger partial charge < -0.3 is 13.3 Å². The molecule has 0 atom stereocenters. The highest BCUT2D eigenvalue weighted by Crippen LogP contribution is 2.08. The van der Waals surface area contributed by atoms with Gasteiger partial charge in [-0.3, -0.25) is 4.98 Å². The van der Waals surface area contributed by atoms with Crippen molar-refractivity contribution in [2.75, 3.05) is 26.4 Å². The van der Waals surface area contributed by atoms with Crippen LogP contribution in [0.4, 0.5) is 0 Å². The lowest BCUT2D eigenvalue weighted by Crippen LogP contribution is -2.59. The van der Waals surface area contributed by atoms with Crippen molar-refractivity contribution in [3.8, 4) is 0 Å². The molecule has 0 unspecified atom stereocenters. The lowest BCUT2D eigenvalue weighted by Gasteiger charge is -2.29. The minimum absolute atomic E-state index is 0.687. The summed E-state index contributed by atoms with van der Waals surface area (Å²) in [5, 5.41) is 0. The second kappa shape index (κ2) is 10.2. The van der Waals surface area contributed by atoms with Gasteiger partial charge in [0.05, 0.1) is 0 Å². The van der Waals surface area contributed by atoms with Crippen LogP contribution in [-0.4, -0.2) is 35.3 Å². The van der Waals surface area contributed by atoms with Gasteiger partial charge in [-0.1, -0.05) is 27.7 Å². The average Bonchev–Trinajstić information content (AvgIpc) is 2.31. The van der Waals surface area contributed by atoms with Crippen molar-refractivity contribution in [3.63, 3.8) is 0 Å². The van der Waals surface area contributed by atoms with E-state index in [1.54, 1.807) is 0 Å². The van der Waals surface area contributed by atoms with E-state index in [-0.39, 0.29) is 0 Å². The first-order valence-corrected chi connectivity index (χ1v) is 8.14. The Morgan fingerprint density at radius 1 is 0.750 bits per heavy atom. The van der Waals surface area contributed by atoms with Crippen LogP contribution in [0.3, 0.4) is 0 Å². The van der Waals surface area contributed by atoms with Gasteiger partial charge in [0.1, 0.15) is 0 Å². The average molecular weight is 249 g/mol. The monoisotopic (exact) mass is 249 g/mol. The Labute approximate surface area is 101 Å². The second-order valence-electron chi connectivity index (χ2n) is 3.63. The summed E-state index contributed by atoms with van der Waals surface area (Å²) in [7, 11) is -2.61. The van der Waals surface area contributed by atoms with Gasteiger partial charge in [0.2, 0.25) is 0 Å². The molecule has 0 aliphatic carbocycles. The molecule has 16 heavy (non-hydrogen) atoms. The Balaban J connectivity index is 4.32. The Kier molecular flexibility index (Phi) is 10.3. The summed E-state index contributed by atoms with van der Waals surface area (Å²) in [6.07, 6.45) is 2.93. The van der Waals surface area contributed by atoms with Crippen molar-refractivity contribution in [2.24, 2.45) is 0 Å². The Morgan fingerprint density at radius 2 is 1.12 bits per heavy atom. The third kappa shape index (κ3) is 6.60. The van der Waals surface area contributed by atoms with Gasteiger partial charge in [-0.15, -0.1) is 0 Å². The van der Waals surface area contributed by atoms with Crippen LogP contribution in [0.15, 0.2) is 0 Å². The molecule has 98 valence electrons. The second-order valence-corrected chi connectivity index (χ2v) is 5.96. The highest BCUT2D eigenvalue weighted by Gasteiger charge is 2.41. The van der Waals surface area contributed by atoms with E-state index in [2.05, 4.69) is 25.8 Å². The van der Waals surface area contributed by atoms with Gasteiger partial charge in [0.25, 0.3) is 0 Å². The smallest absolute Gasteiger partial charge is 0.361 e. The van der Waals surface area contributed by atoms with Crippen LogP contribution in [0, 0.1) is 0 Å². The highest BCUT2D eigenvalue weighted by atomic mass is 28.4. The summed E-state index contributed by atoms with van der Waals surface area (Å²) >= 11 is 0. The SMILES string of the molecule is CCCO[Si](NCC)(OCCC)OCCC. The molecule has 0 aromatic heterocycles. The molecule has 0 aliphatic rings. The summed E-state index contributed by atoms with van der Waals surface area (Å²) < 4.78 is 17.4. The van der Waals surface area contributed by atoms with Crippen molar-refractivity contribution < 1.29 is 13.3 Å². The summed E-state index contributed by atoms with van der Waals surface area (Å²) in [4.78, 5) is 3.27. The number of rotatable bonds is 11. The van der Waals surface area contributed by atoms with Gasteiger partial charge in [0.15, 0.2) is 0 Å². The minimum atomic E-state index is -2.61. The number of hydrogen-bond donors (Lipinski definition) is 1. The van der Waals surface area contributed by atoms with E-state index in [0.29, 0.717) is 19.8 Å². The first-order chi connectivity index (χ1) is 7.74. The molecule has 0 aliphatic heterocycles. The highest BCUT2D eigenvalue weighted by molar-refractivity contribution is 6.57. The molecule has 0 aromatic rings. The molecule has 5 heteroatoms. The molecule has 0 amide bonds. The molecule has 0 rings (SSSR count). The van der Waals surface area contributed by atoms with Crippen molar-refractivity contribution in [1.29, 1.82) is 0 Å². The van der Waals surface area contributed by atoms with E-state index >= 15 is 0 Å². The van der Waals surface area contributed by atoms with Crippen LogP contribution < -0.4 is 4.98 Å². The van der Waals surface area contributed by atoms with Gasteiger partial charge in [0, 0.05) is 19.8 Å². The van der Waals surface area contributed by atoms with E-state index in [9.17, 15) is 0 Å². The third-order valence-corrected chi connectivity index (χ3v) is 4.42. The van der Waals surface area contributed by atoms with E-state index in [4.69, 9.17) is 13.3 Å². The molecule has 0 radical (unpaired) electrons. The Hall–Kier alpha value is 0.0569. The number of nitrogens with one attached hydrogen (secondary N) is 1. The summed E-state index contributed by atoms with van der Waals surface area (Å²) in [6.45, 7) is 11.2. The fraction of sp³-hybridized carbons (Fsp3) is 1.00. The zero-order valence-corrected chi connectivity index (χ0v) is 12.2. The molecular weight excluding hydrogens is 222 g/mol. The number of hydrogen-bond acceptors (Lipinski definition) is 4. The van der Waals surface area contributed by atoms with Crippen LogP contribution in [-0.2, 0) is 13.3 Å². The molecule has 0 saturated heterocycles. The van der Waals surface area contributed by atoms with Crippen molar-refractivity contribution in [1.82, 2.24) is 4.98 Å². The maximum absolute atomic E-state index is 5.81. The van der Waals surface area contributed by atoms with E-state index < -0.39 is 8.97 Å². The van der Waals surface area contributed by atoms with E-state index in [1.165, 1.54) is 0 Å². The first kappa shape index (κ1) is 16.1. The van der Waals surface area contributed by atoms with Crippen LogP contribution in [0.2, 0.25) is 0 Å². The van der Waals surface area contributed by atoms with Crippen LogP contribution in [0.1, 0.15) is 47.0 Å². The third-order valence-electron chi connectivity index (χ3n) is 1.88. The predicted octanol–water partition coefficient (Wildman–Crippen LogP) is 2.31. The standard InChI is InChI=1S/C11H27NO3Si/c1-5-9-13-16(12-8-4,14-10-6-2)15-11-7-3/h12H,5-11H2,1-4H3. The topological polar surface area (TPSA) is 39.7 Å². The molecule has 0 spiro atoms.